The Balaban J connectivity index is 1.56. The lowest BCUT2D eigenvalue weighted by Gasteiger charge is -2.33. The lowest BCUT2D eigenvalue weighted by molar-refractivity contribution is -0.117. The number of carbonyl (C=O) groups excluding carboxylic acids is 1. The van der Waals surface area contributed by atoms with Crippen molar-refractivity contribution in [1.82, 2.24) is 9.21 Å². The summed E-state index contributed by atoms with van der Waals surface area (Å²) in [4.78, 5) is 14.8. The number of hydrogen-bond acceptors (Lipinski definition) is 5. The van der Waals surface area contributed by atoms with Gasteiger partial charge in [0.2, 0.25) is 15.9 Å². The van der Waals surface area contributed by atoms with Gasteiger partial charge in [-0.05, 0) is 42.7 Å². The van der Waals surface area contributed by atoms with Crippen LogP contribution in [0, 0.1) is 6.92 Å². The lowest BCUT2D eigenvalue weighted by Crippen LogP contribution is -2.50. The molecule has 1 aliphatic heterocycles. The van der Waals surface area contributed by atoms with E-state index in [0.717, 1.165) is 24.0 Å². The van der Waals surface area contributed by atoms with Crippen LogP contribution in [0.5, 0.6) is 5.75 Å². The zero-order valence-corrected chi connectivity index (χ0v) is 20.3. The minimum Gasteiger partial charge on any atom is -0.495 e. The van der Waals surface area contributed by atoms with Crippen LogP contribution in [0.15, 0.2) is 41.3 Å². The second-order valence-electron chi connectivity index (χ2n) is 7.92. The van der Waals surface area contributed by atoms with Crippen molar-refractivity contribution in [2.45, 2.75) is 31.6 Å². The van der Waals surface area contributed by atoms with Gasteiger partial charge >= 0.3 is 0 Å². The minimum atomic E-state index is -3.53. The summed E-state index contributed by atoms with van der Waals surface area (Å²) in [5.74, 6) is 0.308. The van der Waals surface area contributed by atoms with Crippen LogP contribution in [0.25, 0.3) is 0 Å². The fourth-order valence-corrected chi connectivity index (χ4v) is 5.29. The van der Waals surface area contributed by atoms with E-state index < -0.39 is 10.0 Å². The predicted octanol–water partition coefficient (Wildman–Crippen LogP) is 3.55. The van der Waals surface area contributed by atoms with E-state index in [1.807, 2.05) is 24.0 Å². The fourth-order valence-electron chi connectivity index (χ4n) is 3.72. The van der Waals surface area contributed by atoms with Gasteiger partial charge in [0.15, 0.2) is 0 Å². The average molecular weight is 480 g/mol. The maximum Gasteiger partial charge on any atom is 0.243 e. The highest BCUT2D eigenvalue weighted by Crippen LogP contribution is 2.31. The number of ether oxygens (including phenoxy) is 1. The predicted molar refractivity (Wildman–Crippen MR) is 127 cm³/mol. The molecule has 0 saturated carbocycles. The first-order valence-corrected chi connectivity index (χ1v) is 12.5. The van der Waals surface area contributed by atoms with Crippen molar-refractivity contribution in [2.24, 2.45) is 0 Å². The topological polar surface area (TPSA) is 79.0 Å². The zero-order valence-electron chi connectivity index (χ0n) is 18.7. The van der Waals surface area contributed by atoms with E-state index in [9.17, 15) is 13.2 Å². The van der Waals surface area contributed by atoms with Gasteiger partial charge in [0.25, 0.3) is 0 Å². The second kappa shape index (κ2) is 10.7. The molecule has 0 aliphatic carbocycles. The number of hydrogen-bond donors (Lipinski definition) is 1. The van der Waals surface area contributed by atoms with E-state index in [1.165, 1.54) is 11.4 Å². The zero-order chi connectivity index (χ0) is 23.3. The van der Waals surface area contributed by atoms with Crippen molar-refractivity contribution >= 4 is 33.2 Å². The number of halogens is 1. The SMILES string of the molecule is CCCc1ccc(S(=O)(=O)N2CCN(CC(=O)Nc3cc(C)c(Cl)cc3OC)CC2)cc1. The molecule has 1 saturated heterocycles. The summed E-state index contributed by atoms with van der Waals surface area (Å²) in [6.07, 6.45) is 1.95. The number of rotatable bonds is 8. The van der Waals surface area contributed by atoms with Gasteiger partial charge in [-0.2, -0.15) is 4.31 Å². The molecule has 0 bridgehead atoms. The molecule has 1 aliphatic rings. The Hall–Kier alpha value is -2.13. The third kappa shape index (κ3) is 5.81. The molecule has 0 spiro atoms. The summed E-state index contributed by atoms with van der Waals surface area (Å²) < 4.78 is 32.7. The molecule has 0 radical (unpaired) electrons. The van der Waals surface area contributed by atoms with Gasteiger partial charge in [-0.15, -0.1) is 0 Å². The summed E-state index contributed by atoms with van der Waals surface area (Å²) in [7, 11) is -2.01. The molecule has 9 heteroatoms. The molecule has 32 heavy (non-hydrogen) atoms. The Bertz CT molecular complexity index is 1050. The molecule has 1 fully saturated rings. The highest BCUT2D eigenvalue weighted by Gasteiger charge is 2.29. The van der Waals surface area contributed by atoms with Crippen LogP contribution in [0.2, 0.25) is 5.02 Å². The van der Waals surface area contributed by atoms with Crippen molar-refractivity contribution < 1.29 is 17.9 Å². The monoisotopic (exact) mass is 479 g/mol. The van der Waals surface area contributed by atoms with Gasteiger partial charge in [-0.25, -0.2) is 8.42 Å². The summed E-state index contributed by atoms with van der Waals surface area (Å²) >= 11 is 6.12. The van der Waals surface area contributed by atoms with Crippen molar-refractivity contribution in [2.75, 3.05) is 45.2 Å². The van der Waals surface area contributed by atoms with Crippen LogP contribution in [-0.4, -0.2) is 63.4 Å². The highest BCUT2D eigenvalue weighted by molar-refractivity contribution is 7.89. The van der Waals surface area contributed by atoms with Gasteiger partial charge < -0.3 is 10.1 Å². The van der Waals surface area contributed by atoms with Crippen LogP contribution in [0.1, 0.15) is 24.5 Å². The summed E-state index contributed by atoms with van der Waals surface area (Å²) in [6.45, 7) is 5.77. The molecule has 1 N–H and O–H groups in total. The molecule has 0 unspecified atom stereocenters. The minimum absolute atomic E-state index is 0.171. The number of carbonyl (C=O) groups is 1. The molecule has 1 amide bonds. The van der Waals surface area contributed by atoms with Gasteiger partial charge in [0.1, 0.15) is 5.75 Å². The Morgan fingerprint density at radius 2 is 1.78 bits per heavy atom. The number of piperazine rings is 1. The second-order valence-corrected chi connectivity index (χ2v) is 10.3. The first-order chi connectivity index (χ1) is 15.2. The Morgan fingerprint density at radius 1 is 1.12 bits per heavy atom. The maximum atomic E-state index is 13.0. The van der Waals surface area contributed by atoms with Crippen molar-refractivity contribution in [3.05, 3.63) is 52.5 Å². The van der Waals surface area contributed by atoms with Crippen molar-refractivity contribution in [3.63, 3.8) is 0 Å². The number of aryl methyl sites for hydroxylation is 2. The quantitative estimate of drug-likeness (QED) is 0.626. The van der Waals surface area contributed by atoms with E-state index in [0.29, 0.717) is 47.5 Å². The van der Waals surface area contributed by atoms with Gasteiger partial charge in [-0.1, -0.05) is 37.1 Å². The summed E-state index contributed by atoms with van der Waals surface area (Å²) in [5.41, 5.74) is 2.53. The van der Waals surface area contributed by atoms with E-state index in [4.69, 9.17) is 16.3 Å². The number of benzene rings is 2. The van der Waals surface area contributed by atoms with Gasteiger partial charge in [0.05, 0.1) is 24.2 Å². The third-order valence-electron chi connectivity index (χ3n) is 5.55. The van der Waals surface area contributed by atoms with E-state index in [2.05, 4.69) is 12.2 Å². The summed E-state index contributed by atoms with van der Waals surface area (Å²) in [5, 5.41) is 3.43. The number of methoxy groups -OCH3 is 1. The average Bonchev–Trinajstić information content (AvgIpc) is 2.77. The molecule has 2 aromatic carbocycles. The van der Waals surface area contributed by atoms with Crippen LogP contribution in [0.3, 0.4) is 0 Å². The lowest BCUT2D eigenvalue weighted by atomic mass is 10.1. The first kappa shape index (κ1) is 24.5. The third-order valence-corrected chi connectivity index (χ3v) is 7.87. The van der Waals surface area contributed by atoms with Crippen LogP contribution >= 0.6 is 11.6 Å². The Kier molecular flexibility index (Phi) is 8.16. The van der Waals surface area contributed by atoms with E-state index >= 15 is 0 Å². The first-order valence-electron chi connectivity index (χ1n) is 10.7. The molecule has 1 heterocycles. The molecule has 174 valence electrons. The number of nitrogens with one attached hydrogen (secondary N) is 1. The van der Waals surface area contributed by atoms with Crippen LogP contribution in [-0.2, 0) is 21.2 Å². The molecular formula is C23H30ClN3O4S. The molecule has 0 aromatic heterocycles. The molecule has 2 aromatic rings. The molecular weight excluding hydrogens is 450 g/mol. The molecule has 7 nitrogen and oxygen atoms in total. The number of anilines is 1. The van der Waals surface area contributed by atoms with Crippen molar-refractivity contribution in [1.29, 1.82) is 0 Å². The van der Waals surface area contributed by atoms with Crippen LogP contribution in [0.4, 0.5) is 5.69 Å². The van der Waals surface area contributed by atoms with Gasteiger partial charge in [-0.3, -0.25) is 9.69 Å². The van der Waals surface area contributed by atoms with Crippen molar-refractivity contribution in [3.8, 4) is 5.75 Å². The number of nitrogens with zero attached hydrogens (tertiary/aromatic N) is 2. The summed E-state index contributed by atoms with van der Waals surface area (Å²) in [6, 6.07) is 10.6. The Morgan fingerprint density at radius 3 is 2.38 bits per heavy atom. The van der Waals surface area contributed by atoms with Gasteiger partial charge in [0, 0.05) is 37.3 Å². The van der Waals surface area contributed by atoms with E-state index in [-0.39, 0.29) is 12.5 Å². The fraction of sp³-hybridized carbons (Fsp3) is 0.435. The highest BCUT2D eigenvalue weighted by atomic mass is 35.5. The molecule has 3 rings (SSSR count). The standard InChI is InChI=1S/C23H30ClN3O4S/c1-4-5-18-6-8-19(9-7-18)32(29,30)27-12-10-26(11-13-27)16-23(28)25-21-14-17(2)20(24)15-22(21)31-3/h6-9,14-15H,4-5,10-13,16H2,1-3H3,(H,25,28). The van der Waals surface area contributed by atoms with Crippen LogP contribution < -0.4 is 10.1 Å². The van der Waals surface area contributed by atoms with E-state index in [1.54, 1.807) is 24.3 Å². The number of sulfonamides is 1. The molecule has 0 atom stereocenters. The largest absolute Gasteiger partial charge is 0.495 e. The smallest absolute Gasteiger partial charge is 0.243 e. The number of amides is 1. The normalized spacial score (nSPS) is 15.5. The Labute approximate surface area is 195 Å². The maximum absolute atomic E-state index is 13.0.